The van der Waals surface area contributed by atoms with E-state index in [1.165, 1.54) is 0 Å². The summed E-state index contributed by atoms with van der Waals surface area (Å²) in [6, 6.07) is 14.2. The maximum Gasteiger partial charge on any atom is 0.314 e. The summed E-state index contributed by atoms with van der Waals surface area (Å²) >= 11 is 0. The number of anilines is 1. The summed E-state index contributed by atoms with van der Waals surface area (Å²) in [5, 5.41) is 10.9. The van der Waals surface area contributed by atoms with E-state index in [1.807, 2.05) is 12.1 Å². The van der Waals surface area contributed by atoms with E-state index in [9.17, 15) is 8.78 Å². The molecular weight excluding hydrogens is 356 g/mol. The lowest BCUT2D eigenvalue weighted by molar-refractivity contribution is 0.116. The van der Waals surface area contributed by atoms with E-state index >= 15 is 0 Å². The van der Waals surface area contributed by atoms with Crippen LogP contribution >= 0.6 is 0 Å². The molecule has 7 nitrogen and oxygen atoms in total. The fourth-order valence-corrected chi connectivity index (χ4v) is 2.46. The smallest absolute Gasteiger partial charge is 0.314 e. The molecule has 27 heavy (non-hydrogen) atoms. The highest BCUT2D eigenvalue weighted by atomic mass is 19.3. The van der Waals surface area contributed by atoms with Crippen molar-refractivity contribution in [2.24, 2.45) is 0 Å². The van der Waals surface area contributed by atoms with Gasteiger partial charge in [0.1, 0.15) is 0 Å². The third-order valence-corrected chi connectivity index (χ3v) is 3.82. The molecule has 0 spiro atoms. The number of hydrogen-bond acceptors (Lipinski definition) is 7. The molecule has 136 valence electrons. The summed E-state index contributed by atoms with van der Waals surface area (Å²) in [6.45, 7) is 0. The first kappa shape index (κ1) is 16.8. The minimum Gasteiger partial charge on any atom is -0.415 e. The Morgan fingerprint density at radius 1 is 0.926 bits per heavy atom. The van der Waals surface area contributed by atoms with Gasteiger partial charge in [-0.3, -0.25) is 0 Å². The van der Waals surface area contributed by atoms with Gasteiger partial charge in [0.05, 0.1) is 6.42 Å². The van der Waals surface area contributed by atoms with Gasteiger partial charge in [0.25, 0.3) is 5.89 Å². The molecule has 0 bridgehead atoms. The fraction of sp³-hybridized carbons (Fsp3) is 0.111. The van der Waals surface area contributed by atoms with E-state index in [0.717, 1.165) is 11.1 Å². The Balaban J connectivity index is 1.48. The number of nitrogens with two attached hydrogens (primary N) is 1. The van der Waals surface area contributed by atoms with E-state index in [2.05, 4.69) is 20.3 Å². The van der Waals surface area contributed by atoms with Crippen LogP contribution in [0.5, 0.6) is 0 Å². The first-order chi connectivity index (χ1) is 13.1. The Morgan fingerprint density at radius 3 is 2.30 bits per heavy atom. The van der Waals surface area contributed by atoms with Crippen molar-refractivity contribution >= 4 is 5.69 Å². The van der Waals surface area contributed by atoms with Gasteiger partial charge in [0, 0.05) is 16.8 Å². The Hall–Kier alpha value is -3.62. The second kappa shape index (κ2) is 6.94. The topological polar surface area (TPSA) is 104 Å². The number of nitrogens with zero attached hydrogens (tertiary/aromatic N) is 4. The Labute approximate surface area is 151 Å². The molecule has 0 saturated heterocycles. The highest BCUT2D eigenvalue weighted by Gasteiger charge is 2.17. The number of halogens is 2. The monoisotopic (exact) mass is 369 g/mol. The first-order valence-electron chi connectivity index (χ1n) is 7.98. The van der Waals surface area contributed by atoms with Gasteiger partial charge in [-0.15, -0.1) is 10.2 Å². The van der Waals surface area contributed by atoms with Crippen LogP contribution in [-0.4, -0.2) is 20.3 Å². The van der Waals surface area contributed by atoms with Crippen molar-refractivity contribution in [2.45, 2.75) is 12.8 Å². The molecule has 0 aliphatic rings. The Kier molecular flexibility index (Phi) is 4.33. The standard InChI is InChI=1S/C18H13F2N5O2/c19-15(20)18-24-23-17(26-18)12-3-1-10(2-4-12)9-14-22-16(25-27-14)11-5-7-13(21)8-6-11/h1-8,15H,9,21H2. The molecule has 0 amide bonds. The van der Waals surface area contributed by atoms with E-state index < -0.39 is 12.3 Å². The van der Waals surface area contributed by atoms with Crippen LogP contribution < -0.4 is 5.73 Å². The molecule has 2 N–H and O–H groups in total. The summed E-state index contributed by atoms with van der Waals surface area (Å²) in [7, 11) is 0. The van der Waals surface area contributed by atoms with Gasteiger partial charge in [-0.2, -0.15) is 13.8 Å². The third-order valence-electron chi connectivity index (χ3n) is 3.82. The average molecular weight is 369 g/mol. The molecule has 4 rings (SSSR count). The van der Waals surface area contributed by atoms with E-state index in [0.29, 0.717) is 29.4 Å². The number of rotatable bonds is 5. The van der Waals surface area contributed by atoms with Crippen LogP contribution in [0.3, 0.4) is 0 Å². The first-order valence-corrected chi connectivity index (χ1v) is 7.98. The third kappa shape index (κ3) is 3.66. The Bertz CT molecular complexity index is 1040. The maximum absolute atomic E-state index is 12.5. The molecule has 2 aromatic heterocycles. The lowest BCUT2D eigenvalue weighted by Crippen LogP contribution is -1.89. The zero-order valence-electron chi connectivity index (χ0n) is 13.8. The molecule has 2 heterocycles. The lowest BCUT2D eigenvalue weighted by Gasteiger charge is -1.99. The molecule has 0 aliphatic heterocycles. The SMILES string of the molecule is Nc1ccc(-c2noc(Cc3ccc(-c4nnc(C(F)F)o4)cc3)n2)cc1. The summed E-state index contributed by atoms with van der Waals surface area (Å²) in [5.74, 6) is 0.273. The molecule has 4 aromatic rings. The van der Waals surface area contributed by atoms with Crippen LogP contribution in [0.4, 0.5) is 14.5 Å². The highest BCUT2D eigenvalue weighted by molar-refractivity contribution is 5.58. The number of alkyl halides is 2. The molecule has 0 saturated carbocycles. The summed E-state index contributed by atoms with van der Waals surface area (Å²) in [5.41, 5.74) is 8.58. The minimum absolute atomic E-state index is 0.0419. The van der Waals surface area contributed by atoms with E-state index in [4.69, 9.17) is 14.7 Å². The van der Waals surface area contributed by atoms with Crippen molar-refractivity contribution in [1.82, 2.24) is 20.3 Å². The van der Waals surface area contributed by atoms with Gasteiger partial charge in [-0.25, -0.2) is 0 Å². The molecular formula is C18H13F2N5O2. The number of benzene rings is 2. The van der Waals surface area contributed by atoms with Crippen molar-refractivity contribution in [2.75, 3.05) is 5.73 Å². The zero-order chi connectivity index (χ0) is 18.8. The summed E-state index contributed by atoms with van der Waals surface area (Å²) < 4.78 is 35.3. The van der Waals surface area contributed by atoms with E-state index in [-0.39, 0.29) is 5.89 Å². The fourth-order valence-electron chi connectivity index (χ4n) is 2.46. The molecule has 0 unspecified atom stereocenters. The predicted molar refractivity (Wildman–Crippen MR) is 91.6 cm³/mol. The van der Waals surface area contributed by atoms with Gasteiger partial charge in [-0.05, 0) is 42.0 Å². The van der Waals surface area contributed by atoms with Crippen LogP contribution in [0.15, 0.2) is 57.5 Å². The Morgan fingerprint density at radius 2 is 1.63 bits per heavy atom. The summed E-state index contributed by atoms with van der Waals surface area (Å²) in [6.07, 6.45) is -2.37. The van der Waals surface area contributed by atoms with Gasteiger partial charge in [-0.1, -0.05) is 17.3 Å². The average Bonchev–Trinajstić information content (AvgIpc) is 3.33. The van der Waals surface area contributed by atoms with Gasteiger partial charge in [0.15, 0.2) is 0 Å². The van der Waals surface area contributed by atoms with Crippen molar-refractivity contribution in [3.05, 3.63) is 65.9 Å². The number of aromatic nitrogens is 4. The van der Waals surface area contributed by atoms with Crippen LogP contribution in [-0.2, 0) is 6.42 Å². The molecule has 2 aromatic carbocycles. The van der Waals surface area contributed by atoms with Crippen molar-refractivity contribution < 1.29 is 17.7 Å². The van der Waals surface area contributed by atoms with Gasteiger partial charge >= 0.3 is 6.43 Å². The van der Waals surface area contributed by atoms with Gasteiger partial charge in [0.2, 0.25) is 17.6 Å². The van der Waals surface area contributed by atoms with Gasteiger partial charge < -0.3 is 14.7 Å². The van der Waals surface area contributed by atoms with Crippen LogP contribution in [0, 0.1) is 0 Å². The second-order valence-electron chi connectivity index (χ2n) is 5.75. The van der Waals surface area contributed by atoms with Crippen molar-refractivity contribution in [1.29, 1.82) is 0 Å². The van der Waals surface area contributed by atoms with Crippen molar-refractivity contribution in [3.8, 4) is 22.8 Å². The van der Waals surface area contributed by atoms with Crippen LogP contribution in [0.25, 0.3) is 22.8 Å². The summed E-state index contributed by atoms with van der Waals surface area (Å²) in [4.78, 5) is 4.37. The highest BCUT2D eigenvalue weighted by Crippen LogP contribution is 2.24. The normalized spacial score (nSPS) is 11.2. The maximum atomic E-state index is 12.5. The second-order valence-corrected chi connectivity index (χ2v) is 5.75. The van der Waals surface area contributed by atoms with Crippen LogP contribution in [0.2, 0.25) is 0 Å². The molecule has 0 atom stereocenters. The zero-order valence-corrected chi connectivity index (χ0v) is 13.8. The van der Waals surface area contributed by atoms with Crippen molar-refractivity contribution in [3.63, 3.8) is 0 Å². The number of hydrogen-bond donors (Lipinski definition) is 1. The van der Waals surface area contributed by atoms with Crippen LogP contribution in [0.1, 0.15) is 23.8 Å². The molecule has 9 heteroatoms. The molecule has 0 aliphatic carbocycles. The lowest BCUT2D eigenvalue weighted by atomic mass is 10.1. The predicted octanol–water partition coefficient (Wildman–Crippen LogP) is 3.90. The quantitative estimate of drug-likeness (QED) is 0.532. The largest absolute Gasteiger partial charge is 0.415 e. The van der Waals surface area contributed by atoms with E-state index in [1.54, 1.807) is 36.4 Å². The molecule has 0 fully saturated rings. The molecule has 0 radical (unpaired) electrons. The minimum atomic E-state index is -2.79. The number of nitrogen functional groups attached to an aromatic ring is 1.